The molecular weight excluding hydrogens is 341 g/mol. The Hall–Kier alpha value is -1.82. The van der Waals surface area contributed by atoms with Gasteiger partial charge in [-0.2, -0.15) is 0 Å². The first-order chi connectivity index (χ1) is 10.5. The van der Waals surface area contributed by atoms with E-state index in [2.05, 4.69) is 10.3 Å². The number of amides is 1. The number of nitrogens with two attached hydrogens (primary N) is 1. The molecule has 3 N–H and O–H groups in total. The fraction of sp³-hybridized carbons (Fsp3) is 0.0667. The molecule has 3 aromatic rings. The van der Waals surface area contributed by atoms with Crippen LogP contribution in [0.2, 0.25) is 10.0 Å². The second kappa shape index (κ2) is 5.76. The summed E-state index contributed by atoms with van der Waals surface area (Å²) in [5.74, 6) is -0.293. The molecule has 0 aliphatic rings. The lowest BCUT2D eigenvalue weighted by Crippen LogP contribution is -2.11. The maximum atomic E-state index is 12.4. The van der Waals surface area contributed by atoms with E-state index in [-0.39, 0.29) is 5.91 Å². The monoisotopic (exact) mass is 351 g/mol. The van der Waals surface area contributed by atoms with Crippen molar-refractivity contribution in [2.24, 2.45) is 0 Å². The quantitative estimate of drug-likeness (QED) is 0.700. The zero-order valence-corrected chi connectivity index (χ0v) is 13.8. The van der Waals surface area contributed by atoms with Crippen molar-refractivity contribution in [1.29, 1.82) is 0 Å². The number of halogens is 2. The van der Waals surface area contributed by atoms with Gasteiger partial charge in [-0.05, 0) is 36.8 Å². The molecule has 0 fully saturated rings. The van der Waals surface area contributed by atoms with E-state index < -0.39 is 0 Å². The number of benzene rings is 1. The third-order valence-corrected chi connectivity index (χ3v) is 5.07. The van der Waals surface area contributed by atoms with Crippen LogP contribution >= 0.6 is 34.5 Å². The van der Waals surface area contributed by atoms with E-state index in [4.69, 9.17) is 28.9 Å². The lowest BCUT2D eigenvalue weighted by atomic mass is 10.1. The molecule has 22 heavy (non-hydrogen) atoms. The molecule has 0 saturated carbocycles. The number of nitrogen functional groups attached to an aromatic ring is 1. The van der Waals surface area contributed by atoms with Crippen molar-refractivity contribution in [1.82, 2.24) is 4.98 Å². The zero-order valence-electron chi connectivity index (χ0n) is 11.5. The smallest absolute Gasteiger partial charge is 0.267 e. The summed E-state index contributed by atoms with van der Waals surface area (Å²) < 4.78 is 0. The fourth-order valence-corrected chi connectivity index (χ4v) is 3.47. The molecule has 2 heterocycles. The standard InChI is InChI=1S/C15H11Cl2N3OS/c1-7-4-5-19-15-11(7)12(18)13(22-15)14(21)20-8-2-3-9(16)10(17)6-8/h2-6H,18H2,1H3,(H,20,21). The summed E-state index contributed by atoms with van der Waals surface area (Å²) in [4.78, 5) is 17.9. The molecule has 0 spiro atoms. The van der Waals surface area contributed by atoms with Gasteiger partial charge in [0.25, 0.3) is 5.91 Å². The minimum Gasteiger partial charge on any atom is -0.397 e. The number of nitrogens with one attached hydrogen (secondary N) is 1. The maximum absolute atomic E-state index is 12.4. The normalized spacial score (nSPS) is 10.9. The van der Waals surface area contributed by atoms with Crippen LogP contribution in [0.1, 0.15) is 15.2 Å². The molecule has 2 aromatic heterocycles. The third-order valence-electron chi connectivity index (χ3n) is 3.22. The van der Waals surface area contributed by atoms with Gasteiger partial charge in [0.15, 0.2) is 0 Å². The molecule has 112 valence electrons. The van der Waals surface area contributed by atoms with Gasteiger partial charge in [-0.1, -0.05) is 23.2 Å². The number of fused-ring (bicyclic) bond motifs is 1. The number of carbonyl (C=O) groups is 1. The maximum Gasteiger partial charge on any atom is 0.267 e. The van der Waals surface area contributed by atoms with E-state index in [1.807, 2.05) is 13.0 Å². The first-order valence-electron chi connectivity index (χ1n) is 6.37. The molecule has 0 radical (unpaired) electrons. The zero-order chi connectivity index (χ0) is 15.9. The number of aromatic nitrogens is 1. The minimum atomic E-state index is -0.293. The number of thiophene rings is 1. The van der Waals surface area contributed by atoms with Gasteiger partial charge in [-0.15, -0.1) is 11.3 Å². The molecule has 0 saturated heterocycles. The molecule has 4 nitrogen and oxygen atoms in total. The van der Waals surface area contributed by atoms with E-state index >= 15 is 0 Å². The van der Waals surface area contributed by atoms with Crippen molar-refractivity contribution < 1.29 is 4.79 Å². The molecule has 0 bridgehead atoms. The lowest BCUT2D eigenvalue weighted by Gasteiger charge is -2.05. The SMILES string of the molecule is Cc1ccnc2sc(C(=O)Nc3ccc(Cl)c(Cl)c3)c(N)c12. The number of hydrogen-bond acceptors (Lipinski definition) is 4. The van der Waals surface area contributed by atoms with Crippen LogP contribution in [0.3, 0.4) is 0 Å². The summed E-state index contributed by atoms with van der Waals surface area (Å²) in [5.41, 5.74) is 8.11. The van der Waals surface area contributed by atoms with Crippen LogP contribution in [0, 0.1) is 6.92 Å². The molecule has 1 amide bonds. The van der Waals surface area contributed by atoms with Crippen LogP contribution in [-0.2, 0) is 0 Å². The summed E-state index contributed by atoms with van der Waals surface area (Å²) in [6.07, 6.45) is 1.70. The molecule has 3 rings (SSSR count). The van der Waals surface area contributed by atoms with Crippen molar-refractivity contribution in [3.05, 3.63) is 50.9 Å². The molecule has 0 aliphatic carbocycles. The highest BCUT2D eigenvalue weighted by Crippen LogP contribution is 2.35. The fourth-order valence-electron chi connectivity index (χ4n) is 2.13. The molecule has 0 aliphatic heterocycles. The minimum absolute atomic E-state index is 0.293. The van der Waals surface area contributed by atoms with Gasteiger partial charge in [0.2, 0.25) is 0 Å². The van der Waals surface area contributed by atoms with Gasteiger partial charge in [-0.3, -0.25) is 4.79 Å². The van der Waals surface area contributed by atoms with Gasteiger partial charge in [-0.25, -0.2) is 4.98 Å². The highest BCUT2D eigenvalue weighted by molar-refractivity contribution is 7.21. The Labute approximate surface area is 140 Å². The summed E-state index contributed by atoms with van der Waals surface area (Å²) in [7, 11) is 0. The Morgan fingerprint density at radius 1 is 1.27 bits per heavy atom. The Kier molecular flexibility index (Phi) is 3.95. The van der Waals surface area contributed by atoms with E-state index in [0.29, 0.717) is 26.3 Å². The van der Waals surface area contributed by atoms with E-state index in [9.17, 15) is 4.79 Å². The Bertz CT molecular complexity index is 892. The molecule has 1 aromatic carbocycles. The number of anilines is 2. The van der Waals surface area contributed by atoms with E-state index in [1.165, 1.54) is 11.3 Å². The summed E-state index contributed by atoms with van der Waals surface area (Å²) in [5, 5.41) is 4.40. The third kappa shape index (κ3) is 2.63. The van der Waals surface area contributed by atoms with Crippen molar-refractivity contribution in [2.45, 2.75) is 6.92 Å². The topological polar surface area (TPSA) is 68.0 Å². The average Bonchev–Trinajstić information content (AvgIpc) is 2.81. The number of rotatable bonds is 2. The Balaban J connectivity index is 1.97. The van der Waals surface area contributed by atoms with Crippen molar-refractivity contribution in [2.75, 3.05) is 11.1 Å². The van der Waals surface area contributed by atoms with Crippen LogP contribution in [0.15, 0.2) is 30.5 Å². The van der Waals surface area contributed by atoms with Crippen molar-refractivity contribution in [3.8, 4) is 0 Å². The van der Waals surface area contributed by atoms with Crippen LogP contribution in [0.4, 0.5) is 11.4 Å². The van der Waals surface area contributed by atoms with Crippen LogP contribution in [0.25, 0.3) is 10.2 Å². The largest absolute Gasteiger partial charge is 0.397 e. The van der Waals surface area contributed by atoms with Crippen molar-refractivity contribution >= 4 is 62.0 Å². The van der Waals surface area contributed by atoms with E-state index in [1.54, 1.807) is 24.4 Å². The van der Waals surface area contributed by atoms with E-state index in [0.717, 1.165) is 15.8 Å². The molecule has 7 heteroatoms. The number of aryl methyl sites for hydroxylation is 1. The number of carbonyl (C=O) groups excluding carboxylic acids is 1. The molecular formula is C15H11Cl2N3OS. The van der Waals surface area contributed by atoms with Gasteiger partial charge in [0.05, 0.1) is 15.7 Å². The first kappa shape index (κ1) is 15.1. The number of nitrogens with zero attached hydrogens (tertiary/aromatic N) is 1. The summed E-state index contributed by atoms with van der Waals surface area (Å²) >= 11 is 13.1. The second-order valence-corrected chi connectivity index (χ2v) is 6.55. The summed E-state index contributed by atoms with van der Waals surface area (Å²) in [6, 6.07) is 6.76. The van der Waals surface area contributed by atoms with Gasteiger partial charge in [0, 0.05) is 17.3 Å². The predicted molar refractivity (Wildman–Crippen MR) is 93.2 cm³/mol. The highest BCUT2D eigenvalue weighted by Gasteiger charge is 2.18. The Morgan fingerprint density at radius 2 is 2.05 bits per heavy atom. The number of pyridine rings is 1. The molecule has 0 unspecified atom stereocenters. The van der Waals surface area contributed by atoms with Gasteiger partial charge < -0.3 is 11.1 Å². The van der Waals surface area contributed by atoms with Crippen LogP contribution in [0.5, 0.6) is 0 Å². The molecule has 0 atom stereocenters. The van der Waals surface area contributed by atoms with Gasteiger partial charge >= 0.3 is 0 Å². The second-order valence-electron chi connectivity index (χ2n) is 4.74. The van der Waals surface area contributed by atoms with Crippen molar-refractivity contribution in [3.63, 3.8) is 0 Å². The summed E-state index contributed by atoms with van der Waals surface area (Å²) in [6.45, 7) is 1.94. The van der Waals surface area contributed by atoms with Crippen LogP contribution < -0.4 is 11.1 Å². The lowest BCUT2D eigenvalue weighted by molar-refractivity contribution is 0.103. The average molecular weight is 352 g/mol. The van der Waals surface area contributed by atoms with Gasteiger partial charge in [0.1, 0.15) is 9.71 Å². The highest BCUT2D eigenvalue weighted by atomic mass is 35.5. The predicted octanol–water partition coefficient (Wildman–Crippen LogP) is 4.75. The number of hydrogen-bond donors (Lipinski definition) is 2. The Morgan fingerprint density at radius 3 is 2.73 bits per heavy atom. The van der Waals surface area contributed by atoms with Crippen LogP contribution in [-0.4, -0.2) is 10.9 Å². The first-order valence-corrected chi connectivity index (χ1v) is 7.94.